The average molecular weight is 663 g/mol. The number of aliphatic hydroxyl groups excluding tert-OH is 1. The van der Waals surface area contributed by atoms with Crippen LogP contribution < -0.4 is 10.1 Å². The first kappa shape index (κ1) is 34.5. The molecule has 2 N–H and O–H groups in total. The van der Waals surface area contributed by atoms with Gasteiger partial charge in [-0.25, -0.2) is 9.38 Å². The summed E-state index contributed by atoms with van der Waals surface area (Å²) in [5, 5.41) is 19.6. The summed E-state index contributed by atoms with van der Waals surface area (Å²) in [5.41, 5.74) is 20.3. The Kier molecular flexibility index (Phi) is 11.8. The molecule has 12 nitrogen and oxygen atoms in total. The van der Waals surface area contributed by atoms with Crippen LogP contribution in [0.1, 0.15) is 45.9 Å². The van der Waals surface area contributed by atoms with E-state index in [-0.39, 0.29) is 50.8 Å². The average Bonchev–Trinajstić information content (AvgIpc) is 3.51. The van der Waals surface area contributed by atoms with Crippen molar-refractivity contribution < 1.29 is 23.8 Å². The quantitative estimate of drug-likeness (QED) is 0.0565. The monoisotopic (exact) mass is 662 g/mol. The van der Waals surface area contributed by atoms with E-state index in [2.05, 4.69) is 25.4 Å². The van der Waals surface area contributed by atoms with Gasteiger partial charge in [0.05, 0.1) is 19.7 Å². The van der Waals surface area contributed by atoms with Gasteiger partial charge in [0, 0.05) is 41.4 Å². The van der Waals surface area contributed by atoms with Crippen molar-refractivity contribution in [3.8, 4) is 5.75 Å². The van der Waals surface area contributed by atoms with Crippen LogP contribution in [0.3, 0.4) is 0 Å². The minimum atomic E-state index is -1.60. The molecule has 1 heterocycles. The minimum Gasteiger partial charge on any atom is -0.494 e. The molecule has 250 valence electrons. The second-order valence-electron chi connectivity index (χ2n) is 11.3. The number of benzene rings is 4. The number of carbonyl (C=O) groups excluding carboxylic acids is 1. The molecule has 0 aromatic heterocycles. The molecule has 0 spiro atoms. The highest BCUT2D eigenvalue weighted by Gasteiger charge is 2.54. The standard InChI is InChI=1S/C36H35FN8O4/c37-32-13-6-4-8-25(32)18-19-40-35(47)36(22-27-9-1-2-10-28(27)23-41-44-38)33(31-12-5-3-11-29(31)24-42-45-39)49-34(43-36)26-14-16-30(17-15-26)48-21-7-20-46/h1-6,8-17,33,46H,7,18-24H2,(H,40,47)/t33-,36-/m1/s1. The molecule has 0 unspecified atom stereocenters. The van der Waals surface area contributed by atoms with E-state index in [0.717, 1.165) is 5.56 Å². The summed E-state index contributed by atoms with van der Waals surface area (Å²) in [4.78, 5) is 25.6. The molecule has 4 aromatic rings. The van der Waals surface area contributed by atoms with E-state index in [4.69, 9.17) is 30.6 Å². The second-order valence-corrected chi connectivity index (χ2v) is 11.3. The molecule has 1 aliphatic heterocycles. The lowest BCUT2D eigenvalue weighted by atomic mass is 9.79. The summed E-state index contributed by atoms with van der Waals surface area (Å²) in [6.45, 7) is 0.565. The molecule has 0 radical (unpaired) electrons. The first-order chi connectivity index (χ1) is 24.0. The summed E-state index contributed by atoms with van der Waals surface area (Å²) in [7, 11) is 0. The van der Waals surface area contributed by atoms with Crippen LogP contribution in [0, 0.1) is 5.82 Å². The molecule has 2 atom stereocenters. The summed E-state index contributed by atoms with van der Waals surface area (Å²) in [5.74, 6) is -0.0139. The zero-order valence-electron chi connectivity index (χ0n) is 26.7. The number of aliphatic imine (C=N–C) groups is 1. The summed E-state index contributed by atoms with van der Waals surface area (Å²) in [6.07, 6.45) is -0.185. The molecule has 49 heavy (non-hydrogen) atoms. The molecular weight excluding hydrogens is 627 g/mol. The Morgan fingerprint density at radius 1 is 0.898 bits per heavy atom. The number of rotatable bonds is 16. The highest BCUT2D eigenvalue weighted by molar-refractivity contribution is 6.01. The molecule has 5 rings (SSSR count). The maximum atomic E-state index is 14.7. The van der Waals surface area contributed by atoms with E-state index in [0.29, 0.717) is 46.6 Å². The van der Waals surface area contributed by atoms with E-state index >= 15 is 0 Å². The molecule has 0 fully saturated rings. The first-order valence-electron chi connectivity index (χ1n) is 15.8. The molecule has 1 aliphatic rings. The Labute approximate surface area is 282 Å². The predicted molar refractivity (Wildman–Crippen MR) is 182 cm³/mol. The van der Waals surface area contributed by atoms with Crippen molar-refractivity contribution in [2.75, 3.05) is 19.8 Å². The Morgan fingerprint density at radius 2 is 1.53 bits per heavy atom. The summed E-state index contributed by atoms with van der Waals surface area (Å²) < 4.78 is 26.8. The molecular formula is C36H35FN8O4. The van der Waals surface area contributed by atoms with Gasteiger partial charge in [-0.05, 0) is 75.6 Å². The van der Waals surface area contributed by atoms with E-state index in [1.54, 1.807) is 48.5 Å². The maximum Gasteiger partial charge on any atom is 0.252 e. The highest BCUT2D eigenvalue weighted by atomic mass is 19.1. The van der Waals surface area contributed by atoms with Crippen molar-refractivity contribution in [1.82, 2.24) is 5.32 Å². The number of nitrogens with one attached hydrogen (secondary N) is 1. The van der Waals surface area contributed by atoms with Gasteiger partial charge in [-0.15, -0.1) is 0 Å². The molecule has 0 saturated carbocycles. The number of halogens is 1. The third-order valence-electron chi connectivity index (χ3n) is 8.19. The first-order valence-corrected chi connectivity index (χ1v) is 15.8. The minimum absolute atomic E-state index is 0.0141. The van der Waals surface area contributed by atoms with Gasteiger partial charge in [0.2, 0.25) is 5.90 Å². The molecule has 1 amide bonds. The fraction of sp³-hybridized carbons (Fsp3) is 0.278. The van der Waals surface area contributed by atoms with E-state index in [1.807, 2.05) is 42.5 Å². The molecule has 0 bridgehead atoms. The van der Waals surface area contributed by atoms with E-state index in [9.17, 15) is 9.18 Å². The lowest BCUT2D eigenvalue weighted by molar-refractivity contribution is -0.128. The van der Waals surface area contributed by atoms with Gasteiger partial charge in [0.25, 0.3) is 5.91 Å². The number of aliphatic hydroxyl groups is 1. The number of ether oxygens (including phenoxy) is 2. The number of nitrogens with zero attached hydrogens (tertiary/aromatic N) is 7. The number of azide groups is 2. The van der Waals surface area contributed by atoms with Crippen LogP contribution in [0.25, 0.3) is 20.9 Å². The van der Waals surface area contributed by atoms with Gasteiger partial charge < -0.3 is 19.9 Å². The number of carbonyl (C=O) groups is 1. The van der Waals surface area contributed by atoms with Gasteiger partial charge in [0.1, 0.15) is 11.6 Å². The molecule has 13 heteroatoms. The molecule has 0 aliphatic carbocycles. The van der Waals surface area contributed by atoms with Gasteiger partial charge in [-0.3, -0.25) is 4.79 Å². The van der Waals surface area contributed by atoms with Crippen LogP contribution in [0.4, 0.5) is 4.39 Å². The van der Waals surface area contributed by atoms with Crippen molar-refractivity contribution in [2.45, 2.75) is 44.0 Å². The Balaban J connectivity index is 1.61. The fourth-order valence-electron chi connectivity index (χ4n) is 5.75. The van der Waals surface area contributed by atoms with Gasteiger partial charge in [0.15, 0.2) is 11.6 Å². The van der Waals surface area contributed by atoms with E-state index in [1.165, 1.54) is 6.07 Å². The van der Waals surface area contributed by atoms with Crippen LogP contribution in [-0.4, -0.2) is 42.2 Å². The predicted octanol–water partition coefficient (Wildman–Crippen LogP) is 7.07. The maximum absolute atomic E-state index is 14.7. The molecule has 0 saturated heterocycles. The SMILES string of the molecule is [N-]=[N+]=NCc1ccccc1C[C@@]1(C(=O)NCCc2ccccc2F)N=C(c2ccc(OCCCO)cc2)O[C@@H]1c1ccccc1CN=[N+]=[N-]. The Morgan fingerprint density at radius 3 is 2.22 bits per heavy atom. The summed E-state index contributed by atoms with van der Waals surface area (Å²) >= 11 is 0. The summed E-state index contributed by atoms with van der Waals surface area (Å²) in [6, 6.07) is 28.0. The third kappa shape index (κ3) is 8.35. The zero-order valence-corrected chi connectivity index (χ0v) is 26.7. The largest absolute Gasteiger partial charge is 0.494 e. The Hall–Kier alpha value is -5.87. The van der Waals surface area contributed by atoms with Crippen molar-refractivity contribution >= 4 is 11.8 Å². The van der Waals surface area contributed by atoms with Crippen LogP contribution >= 0.6 is 0 Å². The van der Waals surface area contributed by atoms with Crippen LogP contribution in [0.5, 0.6) is 5.75 Å². The number of hydrogen-bond acceptors (Lipinski definition) is 7. The molecule has 4 aromatic carbocycles. The van der Waals surface area contributed by atoms with Crippen LogP contribution in [0.2, 0.25) is 0 Å². The van der Waals surface area contributed by atoms with Crippen molar-refractivity contribution in [3.05, 3.63) is 157 Å². The van der Waals surface area contributed by atoms with E-state index < -0.39 is 17.6 Å². The Bertz CT molecular complexity index is 1890. The van der Waals surface area contributed by atoms with Gasteiger partial charge in [-0.2, -0.15) is 0 Å². The van der Waals surface area contributed by atoms with Gasteiger partial charge >= 0.3 is 0 Å². The third-order valence-corrected chi connectivity index (χ3v) is 8.19. The van der Waals surface area contributed by atoms with Crippen molar-refractivity contribution in [2.24, 2.45) is 15.2 Å². The highest BCUT2D eigenvalue weighted by Crippen LogP contribution is 2.44. The lowest BCUT2D eigenvalue weighted by Crippen LogP contribution is -2.50. The second kappa shape index (κ2) is 16.8. The van der Waals surface area contributed by atoms with Crippen molar-refractivity contribution in [3.63, 3.8) is 0 Å². The topological polar surface area (TPSA) is 178 Å². The van der Waals surface area contributed by atoms with Gasteiger partial charge in [-0.1, -0.05) is 77.0 Å². The normalized spacial score (nSPS) is 16.4. The number of amides is 1. The van der Waals surface area contributed by atoms with Crippen LogP contribution in [0.15, 0.2) is 112 Å². The van der Waals surface area contributed by atoms with Crippen LogP contribution in [-0.2, 0) is 35.5 Å². The number of hydrogen-bond donors (Lipinski definition) is 2. The van der Waals surface area contributed by atoms with Crippen molar-refractivity contribution in [1.29, 1.82) is 0 Å². The zero-order chi connectivity index (χ0) is 34.5. The fourth-order valence-corrected chi connectivity index (χ4v) is 5.75. The lowest BCUT2D eigenvalue weighted by Gasteiger charge is -2.32. The smallest absolute Gasteiger partial charge is 0.252 e.